The fourth-order valence-electron chi connectivity index (χ4n) is 3.23. The molecule has 0 radical (unpaired) electrons. The topological polar surface area (TPSA) is 27.7 Å². The first-order valence-electron chi connectivity index (χ1n) is 10.3. The summed E-state index contributed by atoms with van der Waals surface area (Å²) in [6, 6.07) is 6.72. The zero-order chi connectivity index (χ0) is 19.3. The Labute approximate surface area is 169 Å². The second kappa shape index (κ2) is 13.0. The quantitative estimate of drug-likeness (QED) is 0.454. The van der Waals surface area contributed by atoms with E-state index in [2.05, 4.69) is 22.0 Å². The Kier molecular flexibility index (Phi) is 10.6. The molecule has 0 aliphatic carbocycles. The maximum Gasteiger partial charge on any atom is 0.169 e. The highest BCUT2D eigenvalue weighted by Gasteiger charge is 2.13. The van der Waals surface area contributed by atoms with Gasteiger partial charge in [-0.1, -0.05) is 38.3 Å². The SMILES string of the molecule is CCCCCCNC(=S)N(CCCN1CCOCC1)Cc1ccc(F)cc1. The largest absolute Gasteiger partial charge is 0.379 e. The maximum absolute atomic E-state index is 13.2. The van der Waals surface area contributed by atoms with Crippen LogP contribution in [0.5, 0.6) is 0 Å². The van der Waals surface area contributed by atoms with Gasteiger partial charge in [0.25, 0.3) is 0 Å². The molecule has 0 saturated carbocycles. The van der Waals surface area contributed by atoms with Crippen LogP contribution in [0.2, 0.25) is 0 Å². The first kappa shape index (κ1) is 22.1. The molecular weight excluding hydrogens is 361 g/mol. The van der Waals surface area contributed by atoms with E-state index in [0.717, 1.165) is 69.5 Å². The average Bonchev–Trinajstić information content (AvgIpc) is 2.69. The number of hydrogen-bond acceptors (Lipinski definition) is 3. The normalized spacial score (nSPS) is 14.9. The van der Waals surface area contributed by atoms with Gasteiger partial charge in [0, 0.05) is 39.3 Å². The Morgan fingerprint density at radius 3 is 2.59 bits per heavy atom. The third kappa shape index (κ3) is 9.00. The summed E-state index contributed by atoms with van der Waals surface area (Å²) in [5.41, 5.74) is 1.08. The monoisotopic (exact) mass is 395 g/mol. The number of thiocarbonyl (C=S) groups is 1. The number of unbranched alkanes of at least 4 members (excludes halogenated alkanes) is 3. The molecule has 1 aromatic rings. The summed E-state index contributed by atoms with van der Waals surface area (Å²) in [5.74, 6) is -0.200. The predicted molar refractivity (Wildman–Crippen MR) is 113 cm³/mol. The number of rotatable bonds is 11. The maximum atomic E-state index is 13.2. The van der Waals surface area contributed by atoms with Crippen LogP contribution < -0.4 is 5.32 Å². The Hall–Kier alpha value is -1.24. The fourth-order valence-corrected chi connectivity index (χ4v) is 3.49. The van der Waals surface area contributed by atoms with Gasteiger partial charge in [0.2, 0.25) is 0 Å². The lowest BCUT2D eigenvalue weighted by Gasteiger charge is -2.29. The van der Waals surface area contributed by atoms with Crippen molar-refractivity contribution in [2.45, 2.75) is 45.6 Å². The van der Waals surface area contributed by atoms with Crippen molar-refractivity contribution >= 4 is 17.3 Å². The number of nitrogens with one attached hydrogen (secondary N) is 1. The highest BCUT2D eigenvalue weighted by Crippen LogP contribution is 2.09. The molecule has 0 unspecified atom stereocenters. The lowest BCUT2D eigenvalue weighted by molar-refractivity contribution is 0.0367. The van der Waals surface area contributed by atoms with Gasteiger partial charge in [-0.2, -0.15) is 0 Å². The van der Waals surface area contributed by atoms with Crippen molar-refractivity contribution in [2.24, 2.45) is 0 Å². The van der Waals surface area contributed by atoms with E-state index in [9.17, 15) is 4.39 Å². The van der Waals surface area contributed by atoms with Gasteiger partial charge in [-0.05, 0) is 42.8 Å². The summed E-state index contributed by atoms with van der Waals surface area (Å²) in [6.07, 6.45) is 5.95. The molecule has 1 N–H and O–H groups in total. The minimum absolute atomic E-state index is 0.200. The Balaban J connectivity index is 1.82. The number of benzene rings is 1. The van der Waals surface area contributed by atoms with E-state index in [4.69, 9.17) is 17.0 Å². The van der Waals surface area contributed by atoms with Crippen molar-refractivity contribution in [3.8, 4) is 0 Å². The van der Waals surface area contributed by atoms with Gasteiger partial charge < -0.3 is 15.0 Å². The van der Waals surface area contributed by atoms with Crippen molar-refractivity contribution in [1.29, 1.82) is 0 Å². The van der Waals surface area contributed by atoms with Crippen molar-refractivity contribution in [1.82, 2.24) is 15.1 Å². The molecule has 1 fully saturated rings. The van der Waals surface area contributed by atoms with Crippen LogP contribution in [0.15, 0.2) is 24.3 Å². The molecule has 1 aliphatic heterocycles. The first-order valence-corrected chi connectivity index (χ1v) is 10.7. The summed E-state index contributed by atoms with van der Waals surface area (Å²) >= 11 is 5.66. The highest BCUT2D eigenvalue weighted by atomic mass is 32.1. The van der Waals surface area contributed by atoms with Gasteiger partial charge in [0.15, 0.2) is 5.11 Å². The van der Waals surface area contributed by atoms with Gasteiger partial charge in [-0.25, -0.2) is 4.39 Å². The predicted octanol–water partition coefficient (Wildman–Crippen LogP) is 3.80. The van der Waals surface area contributed by atoms with Crippen LogP contribution in [0.3, 0.4) is 0 Å². The lowest BCUT2D eigenvalue weighted by atomic mass is 10.2. The zero-order valence-electron chi connectivity index (χ0n) is 16.6. The summed E-state index contributed by atoms with van der Waals surface area (Å²) in [6.45, 7) is 9.49. The molecule has 1 saturated heterocycles. The van der Waals surface area contributed by atoms with Crippen molar-refractivity contribution in [3.05, 3.63) is 35.6 Å². The molecule has 0 amide bonds. The summed E-state index contributed by atoms with van der Waals surface area (Å²) in [5, 5.41) is 4.21. The van der Waals surface area contributed by atoms with E-state index in [0.29, 0.717) is 6.54 Å². The van der Waals surface area contributed by atoms with Gasteiger partial charge in [-0.3, -0.25) is 4.90 Å². The molecule has 1 aromatic carbocycles. The van der Waals surface area contributed by atoms with Gasteiger partial charge in [0.05, 0.1) is 13.2 Å². The van der Waals surface area contributed by atoms with Crippen LogP contribution in [0.4, 0.5) is 4.39 Å². The molecule has 6 heteroatoms. The smallest absolute Gasteiger partial charge is 0.169 e. The first-order chi connectivity index (χ1) is 13.2. The Bertz CT molecular complexity index is 535. The van der Waals surface area contributed by atoms with E-state index in [-0.39, 0.29) is 5.82 Å². The molecule has 1 heterocycles. The van der Waals surface area contributed by atoms with Crippen molar-refractivity contribution in [3.63, 3.8) is 0 Å². The van der Waals surface area contributed by atoms with Crippen LogP contribution in [-0.2, 0) is 11.3 Å². The van der Waals surface area contributed by atoms with Crippen molar-refractivity contribution < 1.29 is 9.13 Å². The van der Waals surface area contributed by atoms with Crippen LogP contribution in [0.25, 0.3) is 0 Å². The Morgan fingerprint density at radius 2 is 1.89 bits per heavy atom. The molecular formula is C21H34FN3OS. The van der Waals surface area contributed by atoms with Gasteiger partial charge >= 0.3 is 0 Å². The molecule has 0 aromatic heterocycles. The molecule has 1 aliphatic rings. The molecule has 0 atom stereocenters. The third-order valence-corrected chi connectivity index (χ3v) is 5.29. The van der Waals surface area contributed by atoms with E-state index >= 15 is 0 Å². The van der Waals surface area contributed by atoms with Crippen LogP contribution in [0.1, 0.15) is 44.6 Å². The van der Waals surface area contributed by atoms with Crippen LogP contribution in [0, 0.1) is 5.82 Å². The van der Waals surface area contributed by atoms with E-state index < -0.39 is 0 Å². The fraction of sp³-hybridized carbons (Fsp3) is 0.667. The molecule has 0 spiro atoms. The number of halogens is 1. The van der Waals surface area contributed by atoms with Crippen LogP contribution in [-0.4, -0.2) is 60.8 Å². The minimum Gasteiger partial charge on any atom is -0.379 e. The number of morpholine rings is 1. The Morgan fingerprint density at radius 1 is 1.15 bits per heavy atom. The molecule has 2 rings (SSSR count). The standard InChI is InChI=1S/C21H34FN3OS/c1-2-3-4-5-11-23-21(27)25(18-19-7-9-20(22)10-8-19)13-6-12-24-14-16-26-17-15-24/h7-10H,2-6,11-18H2,1H3,(H,23,27). The summed E-state index contributed by atoms with van der Waals surface area (Å²) < 4.78 is 18.6. The van der Waals surface area contributed by atoms with E-state index in [1.165, 1.54) is 31.4 Å². The number of nitrogens with zero attached hydrogens (tertiary/aromatic N) is 2. The van der Waals surface area contributed by atoms with Gasteiger partial charge in [-0.15, -0.1) is 0 Å². The number of ether oxygens (including phenoxy) is 1. The average molecular weight is 396 g/mol. The molecule has 27 heavy (non-hydrogen) atoms. The van der Waals surface area contributed by atoms with Crippen LogP contribution >= 0.6 is 12.2 Å². The second-order valence-corrected chi connectivity index (χ2v) is 7.53. The van der Waals surface area contributed by atoms with E-state index in [1.54, 1.807) is 0 Å². The summed E-state index contributed by atoms with van der Waals surface area (Å²) in [7, 11) is 0. The summed E-state index contributed by atoms with van der Waals surface area (Å²) in [4.78, 5) is 4.66. The molecule has 0 bridgehead atoms. The second-order valence-electron chi connectivity index (χ2n) is 7.15. The van der Waals surface area contributed by atoms with Gasteiger partial charge in [0.1, 0.15) is 5.82 Å². The zero-order valence-corrected chi connectivity index (χ0v) is 17.4. The molecule has 4 nitrogen and oxygen atoms in total. The molecule has 152 valence electrons. The number of hydrogen-bond donors (Lipinski definition) is 1. The lowest BCUT2D eigenvalue weighted by Crippen LogP contribution is -2.42. The third-order valence-electron chi connectivity index (χ3n) is 4.89. The van der Waals surface area contributed by atoms with E-state index in [1.807, 2.05) is 12.1 Å². The highest BCUT2D eigenvalue weighted by molar-refractivity contribution is 7.80. The minimum atomic E-state index is -0.200. The van der Waals surface area contributed by atoms with Crippen molar-refractivity contribution in [2.75, 3.05) is 45.9 Å².